The van der Waals surface area contributed by atoms with Gasteiger partial charge in [0, 0.05) is 44.8 Å². The van der Waals surface area contributed by atoms with Gasteiger partial charge in [-0.3, -0.25) is 9.80 Å². The highest BCUT2D eigenvalue weighted by Gasteiger charge is 2.23. The Morgan fingerprint density at radius 3 is 2.18 bits per heavy atom. The average Bonchev–Trinajstić information content (AvgIpc) is 2.35. The third-order valence-electron chi connectivity index (χ3n) is 3.67. The molecule has 17 heavy (non-hydrogen) atoms. The number of hydrogen-bond donors (Lipinski definition) is 1. The lowest BCUT2D eigenvalue weighted by Gasteiger charge is -2.40. The third kappa shape index (κ3) is 5.16. The highest BCUT2D eigenvalue weighted by atomic mass is 32.2. The molecule has 1 heterocycles. The summed E-state index contributed by atoms with van der Waals surface area (Å²) in [6.07, 6.45) is 1.25. The topological polar surface area (TPSA) is 32.5 Å². The molecular weight excluding hydrogens is 230 g/mol. The smallest absolute Gasteiger partial charge is 0.0227 e. The number of nitrogens with two attached hydrogens (primary N) is 1. The Hall–Kier alpha value is 0.230. The van der Waals surface area contributed by atoms with Crippen LogP contribution in [0.4, 0.5) is 0 Å². The molecule has 1 rings (SSSR count). The molecule has 0 aromatic carbocycles. The normalized spacial score (nSPS) is 21.0. The maximum absolute atomic E-state index is 5.92. The van der Waals surface area contributed by atoms with Crippen LogP contribution in [0, 0.1) is 0 Å². The van der Waals surface area contributed by atoms with Crippen LogP contribution >= 0.6 is 11.8 Å². The summed E-state index contributed by atoms with van der Waals surface area (Å²) in [5.74, 6) is 2.47. The van der Waals surface area contributed by atoms with Gasteiger partial charge in [-0.25, -0.2) is 0 Å². The maximum atomic E-state index is 5.92. The van der Waals surface area contributed by atoms with Gasteiger partial charge >= 0.3 is 0 Å². The average molecular weight is 259 g/mol. The van der Waals surface area contributed by atoms with Gasteiger partial charge < -0.3 is 5.73 Å². The van der Waals surface area contributed by atoms with Crippen molar-refractivity contribution >= 4 is 11.8 Å². The van der Waals surface area contributed by atoms with Gasteiger partial charge in [0.2, 0.25) is 0 Å². The molecule has 0 aromatic rings. The van der Waals surface area contributed by atoms with E-state index >= 15 is 0 Å². The molecule has 1 atom stereocenters. The zero-order chi connectivity index (χ0) is 12.7. The van der Waals surface area contributed by atoms with Crippen LogP contribution in [0.2, 0.25) is 0 Å². The molecule has 2 N–H and O–H groups in total. The lowest BCUT2D eigenvalue weighted by atomic mass is 10.1. The SMILES string of the molecule is CCSCCC(CN)N1CCN(C(C)C)CC1. The van der Waals surface area contributed by atoms with Crippen LogP contribution in [-0.4, -0.2) is 66.1 Å². The summed E-state index contributed by atoms with van der Waals surface area (Å²) in [5.41, 5.74) is 5.92. The van der Waals surface area contributed by atoms with Gasteiger partial charge in [-0.05, 0) is 31.8 Å². The Labute approximate surface area is 111 Å². The molecule has 0 saturated carbocycles. The Bertz CT molecular complexity index is 191. The molecule has 0 bridgehead atoms. The van der Waals surface area contributed by atoms with Crippen LogP contribution in [0.25, 0.3) is 0 Å². The molecule has 0 spiro atoms. The Morgan fingerprint density at radius 1 is 1.12 bits per heavy atom. The summed E-state index contributed by atoms with van der Waals surface area (Å²) in [4.78, 5) is 5.15. The predicted molar refractivity (Wildman–Crippen MR) is 78.7 cm³/mol. The van der Waals surface area contributed by atoms with Gasteiger partial charge in [-0.1, -0.05) is 6.92 Å². The molecule has 1 saturated heterocycles. The van der Waals surface area contributed by atoms with Crippen molar-refractivity contribution < 1.29 is 0 Å². The second-order valence-corrected chi connectivity index (χ2v) is 6.43. The van der Waals surface area contributed by atoms with Crippen LogP contribution in [0.1, 0.15) is 27.2 Å². The van der Waals surface area contributed by atoms with E-state index in [0.717, 1.165) is 6.54 Å². The predicted octanol–water partition coefficient (Wildman–Crippen LogP) is 1.48. The molecule has 1 fully saturated rings. The van der Waals surface area contributed by atoms with E-state index in [-0.39, 0.29) is 0 Å². The van der Waals surface area contributed by atoms with Gasteiger partial charge in [-0.2, -0.15) is 11.8 Å². The van der Waals surface area contributed by atoms with Gasteiger partial charge in [-0.15, -0.1) is 0 Å². The zero-order valence-electron chi connectivity index (χ0n) is 11.7. The number of nitrogens with zero attached hydrogens (tertiary/aromatic N) is 2. The van der Waals surface area contributed by atoms with Gasteiger partial charge in [0.25, 0.3) is 0 Å². The molecule has 3 nitrogen and oxygen atoms in total. The van der Waals surface area contributed by atoms with Gasteiger partial charge in [0.15, 0.2) is 0 Å². The fourth-order valence-corrected chi connectivity index (χ4v) is 3.16. The molecule has 1 aliphatic heterocycles. The second-order valence-electron chi connectivity index (χ2n) is 5.04. The van der Waals surface area contributed by atoms with Crippen molar-refractivity contribution in [2.24, 2.45) is 5.73 Å². The van der Waals surface area contributed by atoms with E-state index in [1.807, 2.05) is 11.8 Å². The molecule has 1 aliphatic rings. The first-order chi connectivity index (χ1) is 8.19. The number of hydrogen-bond acceptors (Lipinski definition) is 4. The minimum Gasteiger partial charge on any atom is -0.329 e. The van der Waals surface area contributed by atoms with Crippen LogP contribution in [-0.2, 0) is 0 Å². The van der Waals surface area contributed by atoms with E-state index in [0.29, 0.717) is 12.1 Å². The number of piperazine rings is 1. The van der Waals surface area contributed by atoms with Crippen molar-refractivity contribution in [1.82, 2.24) is 9.80 Å². The molecule has 1 unspecified atom stereocenters. The second kappa shape index (κ2) is 8.35. The molecule has 0 aromatic heterocycles. The van der Waals surface area contributed by atoms with Crippen LogP contribution in [0.15, 0.2) is 0 Å². The quantitative estimate of drug-likeness (QED) is 0.702. The lowest BCUT2D eigenvalue weighted by Crippen LogP contribution is -2.53. The van der Waals surface area contributed by atoms with E-state index in [2.05, 4.69) is 30.6 Å². The van der Waals surface area contributed by atoms with E-state index in [1.165, 1.54) is 44.1 Å². The third-order valence-corrected chi connectivity index (χ3v) is 4.60. The molecule has 0 amide bonds. The van der Waals surface area contributed by atoms with E-state index in [9.17, 15) is 0 Å². The van der Waals surface area contributed by atoms with Crippen molar-refractivity contribution in [3.8, 4) is 0 Å². The van der Waals surface area contributed by atoms with Crippen molar-refractivity contribution in [1.29, 1.82) is 0 Å². The fraction of sp³-hybridized carbons (Fsp3) is 1.00. The Morgan fingerprint density at radius 2 is 1.71 bits per heavy atom. The highest BCUT2D eigenvalue weighted by molar-refractivity contribution is 7.99. The van der Waals surface area contributed by atoms with Gasteiger partial charge in [0.05, 0.1) is 0 Å². The summed E-state index contributed by atoms with van der Waals surface area (Å²) in [6.45, 7) is 12.4. The zero-order valence-corrected chi connectivity index (χ0v) is 12.5. The summed E-state index contributed by atoms with van der Waals surface area (Å²) in [5, 5.41) is 0. The van der Waals surface area contributed by atoms with Gasteiger partial charge in [0.1, 0.15) is 0 Å². The van der Waals surface area contributed by atoms with E-state index < -0.39 is 0 Å². The Kier molecular flexibility index (Phi) is 7.51. The lowest BCUT2D eigenvalue weighted by molar-refractivity contribution is 0.0794. The largest absolute Gasteiger partial charge is 0.329 e. The minimum atomic E-state index is 0.600. The van der Waals surface area contributed by atoms with E-state index in [4.69, 9.17) is 5.73 Å². The first kappa shape index (κ1) is 15.3. The molecule has 4 heteroatoms. The van der Waals surface area contributed by atoms with E-state index in [1.54, 1.807) is 0 Å². The van der Waals surface area contributed by atoms with Crippen LogP contribution in [0.3, 0.4) is 0 Å². The first-order valence-corrected chi connectivity index (χ1v) is 8.10. The molecule has 0 radical (unpaired) electrons. The summed E-state index contributed by atoms with van der Waals surface area (Å²) < 4.78 is 0. The summed E-state index contributed by atoms with van der Waals surface area (Å²) in [6, 6.07) is 1.28. The molecule has 0 aliphatic carbocycles. The van der Waals surface area contributed by atoms with Crippen molar-refractivity contribution in [3.63, 3.8) is 0 Å². The molecular formula is C13H29N3S. The maximum Gasteiger partial charge on any atom is 0.0227 e. The number of thioether (sulfide) groups is 1. The highest BCUT2D eigenvalue weighted by Crippen LogP contribution is 2.13. The van der Waals surface area contributed by atoms with Crippen molar-refractivity contribution in [2.45, 2.75) is 39.3 Å². The Balaban J connectivity index is 2.29. The summed E-state index contributed by atoms with van der Waals surface area (Å²) >= 11 is 2.03. The fourth-order valence-electron chi connectivity index (χ4n) is 2.43. The van der Waals surface area contributed by atoms with Crippen LogP contribution in [0.5, 0.6) is 0 Å². The van der Waals surface area contributed by atoms with Crippen LogP contribution < -0.4 is 5.73 Å². The minimum absolute atomic E-state index is 0.600. The standard InChI is InChI=1S/C13H29N3S/c1-4-17-10-5-13(11-14)16-8-6-15(7-9-16)12(2)3/h12-13H,4-11,14H2,1-3H3. The van der Waals surface area contributed by atoms with Crippen molar-refractivity contribution in [3.05, 3.63) is 0 Å². The van der Waals surface area contributed by atoms with Crippen molar-refractivity contribution in [2.75, 3.05) is 44.2 Å². The monoisotopic (exact) mass is 259 g/mol. The summed E-state index contributed by atoms with van der Waals surface area (Å²) in [7, 11) is 0. The number of rotatable bonds is 7. The first-order valence-electron chi connectivity index (χ1n) is 6.95. The molecule has 102 valence electrons.